The minimum absolute atomic E-state index is 0.670. The zero-order valence-corrected chi connectivity index (χ0v) is 11.4. The smallest absolute Gasteiger partial charge is 0.121 e. The fourth-order valence-corrected chi connectivity index (χ4v) is 2.08. The van der Waals surface area contributed by atoms with Gasteiger partial charge in [0.2, 0.25) is 0 Å². The molecule has 2 aromatic carbocycles. The highest BCUT2D eigenvalue weighted by Crippen LogP contribution is 2.24. The molecule has 0 unspecified atom stereocenters. The van der Waals surface area contributed by atoms with Crippen LogP contribution in [-0.4, -0.2) is 6.61 Å². The van der Waals surface area contributed by atoms with Crippen LogP contribution in [0.3, 0.4) is 0 Å². The first-order valence-electron chi connectivity index (χ1n) is 6.68. The predicted molar refractivity (Wildman–Crippen MR) is 81.3 cm³/mol. The summed E-state index contributed by atoms with van der Waals surface area (Å²) in [5.41, 5.74) is 5.42. The van der Waals surface area contributed by atoms with Crippen LogP contribution >= 0.6 is 0 Å². The van der Waals surface area contributed by atoms with E-state index in [1.54, 1.807) is 0 Å². The van der Waals surface area contributed by atoms with Crippen LogP contribution in [0.4, 0.5) is 11.4 Å². The summed E-state index contributed by atoms with van der Waals surface area (Å²) in [5.74, 6) is 0.873. The van der Waals surface area contributed by atoms with Gasteiger partial charge in [0.1, 0.15) is 5.75 Å². The van der Waals surface area contributed by atoms with Crippen molar-refractivity contribution in [2.45, 2.75) is 6.92 Å². The first-order chi connectivity index (χ1) is 9.86. The van der Waals surface area contributed by atoms with E-state index in [-0.39, 0.29) is 0 Å². The van der Waals surface area contributed by atoms with Gasteiger partial charge in [-0.15, -0.1) is 5.53 Å². The number of ether oxygens (including phenoxy) is 1. The van der Waals surface area contributed by atoms with E-state index in [0.717, 1.165) is 17.1 Å². The van der Waals surface area contributed by atoms with Gasteiger partial charge in [-0.2, -0.15) is 0 Å². The molecular weight excluding hydrogens is 250 g/mol. The Morgan fingerprint density at radius 1 is 0.900 bits per heavy atom. The molecule has 1 aliphatic heterocycles. The number of hydrazine groups is 2. The Kier molecular flexibility index (Phi) is 3.56. The number of nitrogens with zero attached hydrogens (tertiary/aromatic N) is 2. The van der Waals surface area contributed by atoms with E-state index in [1.807, 2.05) is 71.8 Å². The molecule has 1 N–H and O–H groups in total. The van der Waals surface area contributed by atoms with Gasteiger partial charge < -0.3 is 4.74 Å². The molecule has 0 aliphatic carbocycles. The van der Waals surface area contributed by atoms with Gasteiger partial charge in [0.05, 0.1) is 18.0 Å². The molecule has 102 valence electrons. The van der Waals surface area contributed by atoms with E-state index in [4.69, 9.17) is 4.74 Å². The molecule has 0 atom stereocenters. The van der Waals surface area contributed by atoms with Gasteiger partial charge in [-0.25, -0.2) is 0 Å². The number of hydrogen-bond donors (Lipinski definition) is 1. The van der Waals surface area contributed by atoms with Crippen molar-refractivity contribution in [2.75, 3.05) is 16.6 Å². The van der Waals surface area contributed by atoms with Crippen LogP contribution in [-0.2, 0) is 0 Å². The Morgan fingerprint density at radius 3 is 2.35 bits per heavy atom. The van der Waals surface area contributed by atoms with Crippen LogP contribution < -0.4 is 20.3 Å². The summed E-state index contributed by atoms with van der Waals surface area (Å²) in [4.78, 5) is 0. The molecule has 1 aliphatic rings. The molecule has 0 aromatic heterocycles. The van der Waals surface area contributed by atoms with E-state index in [9.17, 15) is 0 Å². The normalized spacial score (nSPS) is 13.8. The highest BCUT2D eigenvalue weighted by atomic mass is 16.5. The van der Waals surface area contributed by atoms with E-state index < -0.39 is 0 Å². The summed E-state index contributed by atoms with van der Waals surface area (Å²) in [6.07, 6.45) is 3.97. The van der Waals surface area contributed by atoms with Crippen LogP contribution in [0.15, 0.2) is 67.0 Å². The van der Waals surface area contributed by atoms with Crippen LogP contribution in [0.25, 0.3) is 0 Å². The highest BCUT2D eigenvalue weighted by Gasteiger charge is 2.14. The molecule has 0 spiro atoms. The molecule has 0 saturated heterocycles. The Balaban J connectivity index is 1.74. The second-order valence-electron chi connectivity index (χ2n) is 4.40. The minimum atomic E-state index is 0.670. The lowest BCUT2D eigenvalue weighted by Crippen LogP contribution is -2.39. The third-order valence-electron chi connectivity index (χ3n) is 3.02. The topological polar surface area (TPSA) is 27.7 Å². The molecule has 0 radical (unpaired) electrons. The van der Waals surface area contributed by atoms with Crippen molar-refractivity contribution in [2.24, 2.45) is 0 Å². The molecule has 20 heavy (non-hydrogen) atoms. The van der Waals surface area contributed by atoms with E-state index in [1.165, 1.54) is 0 Å². The molecule has 3 rings (SSSR count). The standard InChI is InChI=1S/C16H17N3O/c1-2-20-16-10-6-9-15(13-16)19-12-11-18(17-19)14-7-4-3-5-8-14/h3-13,17H,2H2,1H3. The number of nitrogens with one attached hydrogen (secondary N) is 1. The minimum Gasteiger partial charge on any atom is -0.494 e. The summed E-state index contributed by atoms with van der Waals surface area (Å²) in [5, 5.41) is 3.92. The number of anilines is 2. The fraction of sp³-hybridized carbons (Fsp3) is 0.125. The Hall–Kier alpha value is -2.46. The van der Waals surface area contributed by atoms with E-state index in [0.29, 0.717) is 6.61 Å². The van der Waals surface area contributed by atoms with Gasteiger partial charge in [-0.05, 0) is 31.2 Å². The maximum atomic E-state index is 5.53. The van der Waals surface area contributed by atoms with Gasteiger partial charge in [-0.3, -0.25) is 10.0 Å². The quantitative estimate of drug-likeness (QED) is 0.920. The summed E-state index contributed by atoms with van der Waals surface area (Å²) >= 11 is 0. The van der Waals surface area contributed by atoms with Gasteiger partial charge in [0, 0.05) is 18.5 Å². The van der Waals surface area contributed by atoms with Crippen LogP contribution in [0.5, 0.6) is 5.75 Å². The van der Waals surface area contributed by atoms with Crippen LogP contribution in [0, 0.1) is 0 Å². The molecule has 2 aromatic rings. The molecule has 4 nitrogen and oxygen atoms in total. The van der Waals surface area contributed by atoms with Gasteiger partial charge in [0.15, 0.2) is 0 Å². The third-order valence-corrected chi connectivity index (χ3v) is 3.02. The van der Waals surface area contributed by atoms with Crippen LogP contribution in [0.1, 0.15) is 6.92 Å². The SMILES string of the molecule is CCOc1cccc(N2C=CN(c3ccccc3)N2)c1. The summed E-state index contributed by atoms with van der Waals surface area (Å²) in [6.45, 7) is 2.65. The fourth-order valence-electron chi connectivity index (χ4n) is 2.08. The summed E-state index contributed by atoms with van der Waals surface area (Å²) < 4.78 is 5.53. The molecule has 0 saturated carbocycles. The van der Waals surface area contributed by atoms with Crippen molar-refractivity contribution in [3.05, 3.63) is 67.0 Å². The van der Waals surface area contributed by atoms with Crippen molar-refractivity contribution in [1.82, 2.24) is 5.53 Å². The predicted octanol–water partition coefficient (Wildman–Crippen LogP) is 3.30. The lowest BCUT2D eigenvalue weighted by Gasteiger charge is -2.22. The first-order valence-corrected chi connectivity index (χ1v) is 6.68. The third kappa shape index (κ3) is 2.60. The average molecular weight is 267 g/mol. The van der Waals surface area contributed by atoms with E-state index >= 15 is 0 Å². The van der Waals surface area contributed by atoms with Crippen molar-refractivity contribution >= 4 is 11.4 Å². The Morgan fingerprint density at radius 2 is 1.60 bits per heavy atom. The Labute approximate surface area is 118 Å². The van der Waals surface area contributed by atoms with Crippen molar-refractivity contribution in [1.29, 1.82) is 0 Å². The first kappa shape index (κ1) is 12.6. The summed E-state index contributed by atoms with van der Waals surface area (Å²) in [7, 11) is 0. The molecule has 0 amide bonds. The lowest BCUT2D eigenvalue weighted by molar-refractivity contribution is 0.340. The van der Waals surface area contributed by atoms with Gasteiger partial charge in [0.25, 0.3) is 0 Å². The molecule has 0 fully saturated rings. The molecule has 4 heteroatoms. The van der Waals surface area contributed by atoms with E-state index in [2.05, 4.69) is 17.7 Å². The zero-order chi connectivity index (χ0) is 13.8. The monoisotopic (exact) mass is 267 g/mol. The lowest BCUT2D eigenvalue weighted by atomic mass is 10.3. The Bertz CT molecular complexity index is 598. The van der Waals surface area contributed by atoms with Crippen molar-refractivity contribution in [3.8, 4) is 5.75 Å². The van der Waals surface area contributed by atoms with Gasteiger partial charge in [-0.1, -0.05) is 24.3 Å². The van der Waals surface area contributed by atoms with Gasteiger partial charge >= 0.3 is 0 Å². The average Bonchev–Trinajstić information content (AvgIpc) is 2.99. The number of benzene rings is 2. The van der Waals surface area contributed by atoms with Crippen molar-refractivity contribution in [3.63, 3.8) is 0 Å². The summed E-state index contributed by atoms with van der Waals surface area (Å²) in [6, 6.07) is 18.1. The number of rotatable bonds is 4. The zero-order valence-electron chi connectivity index (χ0n) is 11.4. The molecule has 0 bridgehead atoms. The molecular formula is C16H17N3O. The maximum Gasteiger partial charge on any atom is 0.121 e. The maximum absolute atomic E-state index is 5.53. The second kappa shape index (κ2) is 5.67. The molecule has 1 heterocycles. The van der Waals surface area contributed by atoms with Crippen LogP contribution in [0.2, 0.25) is 0 Å². The largest absolute Gasteiger partial charge is 0.494 e. The highest BCUT2D eigenvalue weighted by molar-refractivity contribution is 5.57. The number of hydrogen-bond acceptors (Lipinski definition) is 4. The second-order valence-corrected chi connectivity index (χ2v) is 4.40. The number of para-hydroxylation sites is 1. The van der Waals surface area contributed by atoms with Crippen molar-refractivity contribution < 1.29 is 4.74 Å².